The first-order valence-electron chi connectivity index (χ1n) is 8.00. The number of nitrogens with one attached hydrogen (secondary N) is 1. The first-order valence-corrected chi connectivity index (χ1v) is 8.00. The molecule has 1 atom stereocenters. The van der Waals surface area contributed by atoms with Gasteiger partial charge in [-0.25, -0.2) is 4.39 Å². The molecule has 4 nitrogen and oxygen atoms in total. The van der Waals surface area contributed by atoms with Gasteiger partial charge in [-0.05, 0) is 42.7 Å². The van der Waals surface area contributed by atoms with Crippen LogP contribution in [-0.2, 0) is 4.79 Å². The molecule has 2 heterocycles. The molecule has 1 N–H and O–H groups in total. The van der Waals surface area contributed by atoms with Crippen LogP contribution < -0.4 is 5.32 Å². The Morgan fingerprint density at radius 3 is 2.67 bits per heavy atom. The van der Waals surface area contributed by atoms with Gasteiger partial charge in [0.1, 0.15) is 17.6 Å². The van der Waals surface area contributed by atoms with Crippen molar-refractivity contribution in [2.24, 2.45) is 4.99 Å². The lowest BCUT2D eigenvalue weighted by Gasteiger charge is -2.30. The molecule has 5 heteroatoms. The van der Waals surface area contributed by atoms with E-state index >= 15 is 0 Å². The molecule has 0 bridgehead atoms. The van der Waals surface area contributed by atoms with E-state index < -0.39 is 6.04 Å². The third-order valence-corrected chi connectivity index (χ3v) is 4.35. The number of hydrogen-bond donors (Lipinski definition) is 1. The number of carbonyl (C=O) groups is 1. The average Bonchev–Trinajstić information content (AvgIpc) is 2.62. The molecule has 0 amide bonds. The minimum absolute atomic E-state index is 0.113. The molecule has 0 spiro atoms. The monoisotopic (exact) mass is 321 g/mol. The SMILES string of the molecule is O=C1CCCC2=C1C(c1ccc(F)cc1)N=C(c1ccccn1)N2. The van der Waals surface area contributed by atoms with Crippen LogP contribution in [0.1, 0.15) is 36.6 Å². The van der Waals surface area contributed by atoms with E-state index in [2.05, 4.69) is 10.3 Å². The summed E-state index contributed by atoms with van der Waals surface area (Å²) in [7, 11) is 0. The van der Waals surface area contributed by atoms with Crippen LogP contribution in [0.4, 0.5) is 4.39 Å². The highest BCUT2D eigenvalue weighted by Crippen LogP contribution is 2.36. The summed E-state index contributed by atoms with van der Waals surface area (Å²) in [5, 5.41) is 3.29. The predicted octanol–water partition coefficient (Wildman–Crippen LogP) is 3.32. The van der Waals surface area contributed by atoms with E-state index in [1.807, 2.05) is 18.2 Å². The van der Waals surface area contributed by atoms with Crippen LogP contribution in [0.15, 0.2) is 64.9 Å². The number of amidine groups is 1. The standard InChI is InChI=1S/C19H16FN3O/c20-13-9-7-12(8-10-13)18-17-14(5-3-6-16(17)24)22-19(23-18)15-4-1-2-11-21-15/h1-2,4,7-11,18H,3,5-6H2,(H,22,23). The topological polar surface area (TPSA) is 54.4 Å². The lowest BCUT2D eigenvalue weighted by molar-refractivity contribution is -0.116. The Morgan fingerprint density at radius 1 is 1.08 bits per heavy atom. The minimum Gasteiger partial charge on any atom is -0.342 e. The highest BCUT2D eigenvalue weighted by molar-refractivity contribution is 6.05. The van der Waals surface area contributed by atoms with Gasteiger partial charge in [0.25, 0.3) is 0 Å². The molecule has 2 aliphatic rings. The van der Waals surface area contributed by atoms with Gasteiger partial charge < -0.3 is 5.32 Å². The van der Waals surface area contributed by atoms with Gasteiger partial charge in [0.2, 0.25) is 0 Å². The molecule has 0 saturated carbocycles. The van der Waals surface area contributed by atoms with E-state index in [1.165, 1.54) is 12.1 Å². The van der Waals surface area contributed by atoms with Crippen molar-refractivity contribution in [3.8, 4) is 0 Å². The van der Waals surface area contributed by atoms with Crippen LogP contribution in [0.3, 0.4) is 0 Å². The number of aliphatic imine (C=N–C) groups is 1. The number of benzene rings is 1. The summed E-state index contributed by atoms with van der Waals surface area (Å²) in [5.74, 6) is 0.464. The molecule has 2 aromatic rings. The molecule has 4 rings (SSSR count). The maximum atomic E-state index is 13.3. The Bertz CT molecular complexity index is 841. The Kier molecular flexibility index (Phi) is 3.69. The van der Waals surface area contributed by atoms with Crippen molar-refractivity contribution in [2.45, 2.75) is 25.3 Å². The lowest BCUT2D eigenvalue weighted by Crippen LogP contribution is -2.35. The second-order valence-corrected chi connectivity index (χ2v) is 5.94. The van der Waals surface area contributed by atoms with Crippen LogP contribution in [-0.4, -0.2) is 16.6 Å². The number of nitrogens with zero attached hydrogens (tertiary/aromatic N) is 2. The summed E-state index contributed by atoms with van der Waals surface area (Å²) in [6.45, 7) is 0. The fraction of sp³-hybridized carbons (Fsp3) is 0.211. The van der Waals surface area contributed by atoms with E-state index in [-0.39, 0.29) is 11.6 Å². The number of allylic oxidation sites excluding steroid dienone is 1. The summed E-state index contributed by atoms with van der Waals surface area (Å²) in [5.41, 5.74) is 3.16. The van der Waals surface area contributed by atoms with Crippen molar-refractivity contribution < 1.29 is 9.18 Å². The van der Waals surface area contributed by atoms with Gasteiger partial charge in [0.15, 0.2) is 11.6 Å². The van der Waals surface area contributed by atoms with Crippen LogP contribution in [0.25, 0.3) is 0 Å². The first kappa shape index (κ1) is 14.8. The van der Waals surface area contributed by atoms with E-state index in [1.54, 1.807) is 18.3 Å². The normalized spacial score (nSPS) is 20.3. The smallest absolute Gasteiger partial charge is 0.163 e. The number of Topliss-reactive ketones (excluding diaryl/α,β-unsaturated/α-hetero) is 1. The average molecular weight is 321 g/mol. The largest absolute Gasteiger partial charge is 0.342 e. The maximum Gasteiger partial charge on any atom is 0.163 e. The number of halogens is 1. The number of rotatable bonds is 2. The molecule has 0 radical (unpaired) electrons. The van der Waals surface area contributed by atoms with Crippen molar-refractivity contribution in [1.82, 2.24) is 10.3 Å². The van der Waals surface area contributed by atoms with Crippen molar-refractivity contribution in [1.29, 1.82) is 0 Å². The molecule has 0 saturated heterocycles. The zero-order valence-corrected chi connectivity index (χ0v) is 13.0. The zero-order chi connectivity index (χ0) is 16.5. The van der Waals surface area contributed by atoms with Crippen molar-refractivity contribution in [3.05, 3.63) is 77.0 Å². The highest BCUT2D eigenvalue weighted by atomic mass is 19.1. The lowest BCUT2D eigenvalue weighted by atomic mass is 9.85. The van der Waals surface area contributed by atoms with Gasteiger partial charge >= 0.3 is 0 Å². The molecule has 120 valence electrons. The van der Waals surface area contributed by atoms with Crippen molar-refractivity contribution >= 4 is 11.6 Å². The molecule has 1 aromatic carbocycles. The second kappa shape index (κ2) is 6.00. The molecule has 0 fully saturated rings. The third-order valence-electron chi connectivity index (χ3n) is 4.35. The Hall–Kier alpha value is -2.82. The minimum atomic E-state index is -0.411. The van der Waals surface area contributed by atoms with Gasteiger partial charge in [-0.3, -0.25) is 14.8 Å². The summed E-state index contributed by atoms with van der Waals surface area (Å²) in [4.78, 5) is 21.5. The first-order chi connectivity index (χ1) is 11.7. The van der Waals surface area contributed by atoms with Crippen molar-refractivity contribution in [2.75, 3.05) is 0 Å². The van der Waals surface area contributed by atoms with Crippen LogP contribution in [0.5, 0.6) is 0 Å². The number of carbonyl (C=O) groups excluding carboxylic acids is 1. The van der Waals surface area contributed by atoms with E-state index in [0.29, 0.717) is 17.8 Å². The molecule has 24 heavy (non-hydrogen) atoms. The summed E-state index contributed by atoms with van der Waals surface area (Å²) in [6, 6.07) is 11.4. The molecule has 1 aliphatic carbocycles. The van der Waals surface area contributed by atoms with Crippen LogP contribution in [0.2, 0.25) is 0 Å². The van der Waals surface area contributed by atoms with E-state index in [9.17, 15) is 9.18 Å². The number of ketones is 1. The van der Waals surface area contributed by atoms with Gasteiger partial charge in [-0.1, -0.05) is 18.2 Å². The molecule has 1 aromatic heterocycles. The predicted molar refractivity (Wildman–Crippen MR) is 88.9 cm³/mol. The van der Waals surface area contributed by atoms with Gasteiger partial charge in [0.05, 0.1) is 0 Å². The molecule has 1 aliphatic heterocycles. The molecule has 1 unspecified atom stereocenters. The zero-order valence-electron chi connectivity index (χ0n) is 13.0. The quantitative estimate of drug-likeness (QED) is 0.923. The Balaban J connectivity index is 1.82. The second-order valence-electron chi connectivity index (χ2n) is 5.94. The van der Waals surface area contributed by atoms with Gasteiger partial charge in [-0.2, -0.15) is 0 Å². The van der Waals surface area contributed by atoms with Crippen LogP contribution in [0, 0.1) is 5.82 Å². The third kappa shape index (κ3) is 2.62. The number of hydrogen-bond acceptors (Lipinski definition) is 4. The van der Waals surface area contributed by atoms with Gasteiger partial charge in [0, 0.05) is 23.9 Å². The van der Waals surface area contributed by atoms with E-state index in [4.69, 9.17) is 4.99 Å². The fourth-order valence-corrected chi connectivity index (χ4v) is 3.20. The summed E-state index contributed by atoms with van der Waals surface area (Å²) < 4.78 is 13.3. The maximum absolute atomic E-state index is 13.3. The number of pyridine rings is 1. The Morgan fingerprint density at radius 2 is 1.92 bits per heavy atom. The van der Waals surface area contributed by atoms with Crippen molar-refractivity contribution in [3.63, 3.8) is 0 Å². The number of aromatic nitrogens is 1. The van der Waals surface area contributed by atoms with E-state index in [0.717, 1.165) is 29.8 Å². The van der Waals surface area contributed by atoms with Crippen LogP contribution >= 0.6 is 0 Å². The highest BCUT2D eigenvalue weighted by Gasteiger charge is 2.33. The fourth-order valence-electron chi connectivity index (χ4n) is 3.20. The van der Waals surface area contributed by atoms with Gasteiger partial charge in [-0.15, -0.1) is 0 Å². The Labute approximate surface area is 139 Å². The molecular weight excluding hydrogens is 305 g/mol. The summed E-state index contributed by atoms with van der Waals surface area (Å²) >= 11 is 0. The molecular formula is C19H16FN3O. The summed E-state index contributed by atoms with van der Waals surface area (Å²) in [6.07, 6.45) is 3.88.